The van der Waals surface area contributed by atoms with Crippen molar-refractivity contribution in [1.82, 2.24) is 0 Å². The minimum atomic E-state index is -0.0811. The predicted octanol–water partition coefficient (Wildman–Crippen LogP) is 2.67. The third kappa shape index (κ3) is 3.19. The molecule has 5 heteroatoms. The first-order chi connectivity index (χ1) is 8.93. The predicted molar refractivity (Wildman–Crippen MR) is 74.2 cm³/mol. The third-order valence-electron chi connectivity index (χ3n) is 2.94. The van der Waals surface area contributed by atoms with Gasteiger partial charge < -0.3 is 15.2 Å². The van der Waals surface area contributed by atoms with E-state index in [9.17, 15) is 4.79 Å². The van der Waals surface area contributed by atoms with Crippen LogP contribution in [-0.2, 0) is 0 Å². The van der Waals surface area contributed by atoms with Crippen molar-refractivity contribution in [1.29, 1.82) is 0 Å². The van der Waals surface area contributed by atoms with Gasteiger partial charge in [-0.3, -0.25) is 4.79 Å². The van der Waals surface area contributed by atoms with Crippen LogP contribution in [0.5, 0.6) is 11.5 Å². The van der Waals surface area contributed by atoms with E-state index in [1.54, 1.807) is 12.1 Å². The lowest BCUT2D eigenvalue weighted by Crippen LogP contribution is -2.26. The van der Waals surface area contributed by atoms with Crippen LogP contribution >= 0.6 is 11.6 Å². The first kappa shape index (κ1) is 14.2. The minimum absolute atomic E-state index is 0.0765. The number of carbonyl (C=O) groups excluding carboxylic acids is 1. The van der Waals surface area contributed by atoms with Gasteiger partial charge in [-0.15, -0.1) is 0 Å². The van der Waals surface area contributed by atoms with Crippen LogP contribution < -0.4 is 15.2 Å². The molecule has 104 valence electrons. The van der Waals surface area contributed by atoms with Crippen molar-refractivity contribution in [3.05, 3.63) is 22.7 Å². The second-order valence-corrected chi connectivity index (χ2v) is 5.89. The second-order valence-electron chi connectivity index (χ2n) is 5.48. The van der Waals surface area contributed by atoms with Crippen LogP contribution in [0.1, 0.15) is 30.6 Å². The first-order valence-corrected chi connectivity index (χ1v) is 6.63. The van der Waals surface area contributed by atoms with Gasteiger partial charge in [-0.05, 0) is 12.6 Å². The van der Waals surface area contributed by atoms with Gasteiger partial charge in [0.2, 0.25) is 0 Å². The monoisotopic (exact) mass is 283 g/mol. The summed E-state index contributed by atoms with van der Waals surface area (Å²) in [5.74, 6) is 1.07. The number of hydrogen-bond acceptors (Lipinski definition) is 4. The van der Waals surface area contributed by atoms with Crippen molar-refractivity contribution in [3.8, 4) is 11.5 Å². The first-order valence-electron chi connectivity index (χ1n) is 6.25. The molecule has 1 aliphatic rings. The third-order valence-corrected chi connectivity index (χ3v) is 3.25. The Morgan fingerprint density at radius 3 is 2.47 bits per heavy atom. The number of ether oxygens (including phenoxy) is 2. The molecule has 19 heavy (non-hydrogen) atoms. The summed E-state index contributed by atoms with van der Waals surface area (Å²) in [5, 5.41) is 0.375. The molecule has 0 spiro atoms. The minimum Gasteiger partial charge on any atom is -0.489 e. The van der Waals surface area contributed by atoms with E-state index in [4.69, 9.17) is 26.8 Å². The molecule has 1 aromatic carbocycles. The maximum Gasteiger partial charge on any atom is 0.165 e. The molecule has 0 aliphatic carbocycles. The lowest BCUT2D eigenvalue weighted by atomic mass is 9.97. The summed E-state index contributed by atoms with van der Waals surface area (Å²) in [7, 11) is 0. The van der Waals surface area contributed by atoms with Crippen LogP contribution in [0.2, 0.25) is 5.02 Å². The molecule has 1 aromatic rings. The molecular weight excluding hydrogens is 266 g/mol. The lowest BCUT2D eigenvalue weighted by Gasteiger charge is -2.19. The number of nitrogens with two attached hydrogens (primary N) is 1. The summed E-state index contributed by atoms with van der Waals surface area (Å²) in [5.41, 5.74) is 5.76. The number of Topliss-reactive ketones (excluding diaryl/α,β-unsaturated/α-hetero) is 1. The standard InChI is InChI=1S/C14H18ClNO3/c1-14(2)7-18-12-5-9(11(17)3-4-16)10(15)6-13(12)19-8-14/h5-6H,3-4,7-8,16H2,1-2H3. The van der Waals surface area contributed by atoms with Crippen LogP contribution in [0, 0.1) is 5.41 Å². The molecular formula is C14H18ClNO3. The molecule has 0 fully saturated rings. The van der Waals surface area contributed by atoms with Crippen molar-refractivity contribution in [3.63, 3.8) is 0 Å². The normalized spacial score (nSPS) is 16.8. The Bertz CT molecular complexity index is 500. The highest BCUT2D eigenvalue weighted by molar-refractivity contribution is 6.34. The second kappa shape index (κ2) is 5.39. The summed E-state index contributed by atoms with van der Waals surface area (Å²) in [4.78, 5) is 11.9. The highest BCUT2D eigenvalue weighted by Gasteiger charge is 2.26. The van der Waals surface area contributed by atoms with Gasteiger partial charge in [-0.25, -0.2) is 0 Å². The van der Waals surface area contributed by atoms with Crippen LogP contribution in [0.4, 0.5) is 0 Å². The molecule has 0 saturated carbocycles. The number of fused-ring (bicyclic) bond motifs is 1. The Labute approximate surface area is 117 Å². The zero-order chi connectivity index (χ0) is 14.0. The summed E-state index contributed by atoms with van der Waals surface area (Å²) in [6, 6.07) is 3.29. The molecule has 2 rings (SSSR count). The fourth-order valence-corrected chi connectivity index (χ4v) is 2.09. The zero-order valence-electron chi connectivity index (χ0n) is 11.2. The van der Waals surface area contributed by atoms with Crippen molar-refractivity contribution < 1.29 is 14.3 Å². The Balaban J connectivity index is 2.33. The highest BCUT2D eigenvalue weighted by Crippen LogP contribution is 2.37. The van der Waals surface area contributed by atoms with Gasteiger partial charge >= 0.3 is 0 Å². The van der Waals surface area contributed by atoms with Crippen LogP contribution in [0.15, 0.2) is 12.1 Å². The maximum atomic E-state index is 11.9. The number of rotatable bonds is 3. The van der Waals surface area contributed by atoms with Crippen LogP contribution in [-0.4, -0.2) is 25.5 Å². The molecule has 1 heterocycles. The summed E-state index contributed by atoms with van der Waals surface area (Å²) in [6.07, 6.45) is 0.269. The highest BCUT2D eigenvalue weighted by atomic mass is 35.5. The largest absolute Gasteiger partial charge is 0.489 e. The van der Waals surface area contributed by atoms with E-state index < -0.39 is 0 Å². The fraction of sp³-hybridized carbons (Fsp3) is 0.500. The van der Waals surface area contributed by atoms with Crippen molar-refractivity contribution in [2.45, 2.75) is 20.3 Å². The lowest BCUT2D eigenvalue weighted by molar-refractivity contribution is 0.0985. The van der Waals surface area contributed by atoms with E-state index in [-0.39, 0.29) is 17.6 Å². The molecule has 0 aromatic heterocycles. The molecule has 4 nitrogen and oxygen atoms in total. The van der Waals surface area contributed by atoms with E-state index in [2.05, 4.69) is 13.8 Å². The van der Waals surface area contributed by atoms with E-state index in [1.807, 2.05) is 0 Å². The molecule has 0 unspecified atom stereocenters. The van der Waals surface area contributed by atoms with E-state index in [0.717, 1.165) is 0 Å². The topological polar surface area (TPSA) is 61.5 Å². The van der Waals surface area contributed by atoms with Crippen molar-refractivity contribution in [2.75, 3.05) is 19.8 Å². The number of halogens is 1. The van der Waals surface area contributed by atoms with Gasteiger partial charge in [-0.2, -0.15) is 0 Å². The Morgan fingerprint density at radius 1 is 1.32 bits per heavy atom. The smallest absolute Gasteiger partial charge is 0.165 e. The summed E-state index contributed by atoms with van der Waals surface area (Å²) in [6.45, 7) is 5.50. The van der Waals surface area contributed by atoms with Gasteiger partial charge in [0.1, 0.15) is 0 Å². The average molecular weight is 284 g/mol. The van der Waals surface area contributed by atoms with E-state index in [0.29, 0.717) is 41.8 Å². The number of carbonyl (C=O) groups is 1. The van der Waals surface area contributed by atoms with Crippen LogP contribution in [0.25, 0.3) is 0 Å². The Kier molecular flexibility index (Phi) is 4.02. The number of benzene rings is 1. The van der Waals surface area contributed by atoms with Gasteiger partial charge in [-0.1, -0.05) is 25.4 Å². The molecule has 0 bridgehead atoms. The van der Waals surface area contributed by atoms with E-state index in [1.165, 1.54) is 0 Å². The van der Waals surface area contributed by atoms with Gasteiger partial charge in [0.25, 0.3) is 0 Å². The summed E-state index contributed by atoms with van der Waals surface area (Å²) < 4.78 is 11.4. The SMILES string of the molecule is CC1(C)COc2cc(Cl)c(C(=O)CCN)cc2OC1. The Hall–Kier alpha value is -1.26. The number of hydrogen-bond donors (Lipinski definition) is 1. The molecule has 0 saturated heterocycles. The van der Waals surface area contributed by atoms with Crippen molar-refractivity contribution >= 4 is 17.4 Å². The molecule has 0 amide bonds. The van der Waals surface area contributed by atoms with Gasteiger partial charge in [0.05, 0.1) is 18.2 Å². The van der Waals surface area contributed by atoms with Gasteiger partial charge in [0, 0.05) is 23.5 Å². The zero-order valence-corrected chi connectivity index (χ0v) is 11.9. The number of ketones is 1. The molecule has 0 atom stereocenters. The van der Waals surface area contributed by atoms with Crippen molar-refractivity contribution in [2.24, 2.45) is 11.1 Å². The molecule has 2 N–H and O–H groups in total. The van der Waals surface area contributed by atoms with Crippen LogP contribution in [0.3, 0.4) is 0 Å². The fourth-order valence-electron chi connectivity index (χ4n) is 1.83. The quantitative estimate of drug-likeness (QED) is 0.867. The maximum absolute atomic E-state index is 11.9. The summed E-state index contributed by atoms with van der Waals surface area (Å²) >= 11 is 6.12. The van der Waals surface area contributed by atoms with Gasteiger partial charge in [0.15, 0.2) is 17.3 Å². The van der Waals surface area contributed by atoms with E-state index >= 15 is 0 Å². The Morgan fingerprint density at radius 2 is 1.89 bits per heavy atom. The molecule has 0 radical (unpaired) electrons. The average Bonchev–Trinajstić information content (AvgIpc) is 2.48. The molecule has 1 aliphatic heterocycles.